The molecule has 0 radical (unpaired) electrons. The maximum Gasteiger partial charge on any atom is 0.250 e. The van der Waals surface area contributed by atoms with E-state index in [1.807, 2.05) is 44.2 Å². The third-order valence-electron chi connectivity index (χ3n) is 7.13. The minimum absolute atomic E-state index is 0.106. The van der Waals surface area contributed by atoms with Crippen LogP contribution < -0.4 is 15.5 Å². The summed E-state index contributed by atoms with van der Waals surface area (Å²) in [4.78, 5) is 45.5. The second-order valence-corrected chi connectivity index (χ2v) is 9.21. The first-order chi connectivity index (χ1) is 15.9. The average Bonchev–Trinajstić information content (AvgIpc) is 3.18. The number of nitrogens with one attached hydrogen (secondary N) is 2. The van der Waals surface area contributed by atoms with Crippen molar-refractivity contribution in [2.45, 2.75) is 65.1 Å². The van der Waals surface area contributed by atoms with E-state index in [0.29, 0.717) is 25.8 Å². The van der Waals surface area contributed by atoms with E-state index in [-0.39, 0.29) is 29.6 Å². The van der Waals surface area contributed by atoms with Crippen LogP contribution in [-0.4, -0.2) is 34.8 Å². The number of nitrogens with zero attached hydrogens (tertiary/aromatic N) is 2. The number of carbonyl (C=O) groups excluding carboxylic acids is 3. The van der Waals surface area contributed by atoms with Crippen molar-refractivity contribution >= 4 is 23.4 Å². The minimum Gasteiger partial charge on any atom is -0.350 e. The zero-order valence-corrected chi connectivity index (χ0v) is 19.5. The van der Waals surface area contributed by atoms with Gasteiger partial charge >= 0.3 is 0 Å². The fourth-order valence-corrected chi connectivity index (χ4v) is 4.70. The van der Waals surface area contributed by atoms with Crippen LogP contribution in [0.2, 0.25) is 0 Å². The van der Waals surface area contributed by atoms with Crippen molar-refractivity contribution < 1.29 is 14.4 Å². The Morgan fingerprint density at radius 1 is 1.18 bits per heavy atom. The first kappa shape index (κ1) is 23.0. The van der Waals surface area contributed by atoms with Gasteiger partial charge in [-0.3, -0.25) is 24.3 Å². The Morgan fingerprint density at radius 2 is 1.97 bits per heavy atom. The molecule has 0 saturated heterocycles. The summed E-state index contributed by atoms with van der Waals surface area (Å²) in [6.45, 7) is 6.36. The molecule has 0 fully saturated rings. The molecule has 2 N–H and O–H groups in total. The molecule has 0 bridgehead atoms. The summed E-state index contributed by atoms with van der Waals surface area (Å²) >= 11 is 0. The van der Waals surface area contributed by atoms with Crippen LogP contribution in [0.5, 0.6) is 0 Å². The van der Waals surface area contributed by atoms with Gasteiger partial charge in [-0.25, -0.2) is 0 Å². The molecule has 2 aliphatic rings. The van der Waals surface area contributed by atoms with Crippen LogP contribution in [0.4, 0.5) is 5.69 Å². The van der Waals surface area contributed by atoms with E-state index in [1.165, 1.54) is 0 Å². The predicted molar refractivity (Wildman–Crippen MR) is 126 cm³/mol. The largest absolute Gasteiger partial charge is 0.350 e. The molecule has 2 aliphatic heterocycles. The first-order valence-electron chi connectivity index (χ1n) is 11.8. The second-order valence-electron chi connectivity index (χ2n) is 9.21. The maximum atomic E-state index is 13.7. The predicted octanol–water partition coefficient (Wildman–Crippen LogP) is 2.77. The molecule has 4 atom stereocenters. The topological polar surface area (TPSA) is 91.4 Å². The molecule has 3 heterocycles. The zero-order chi connectivity index (χ0) is 23.5. The van der Waals surface area contributed by atoms with Crippen LogP contribution in [-0.2, 0) is 33.8 Å². The molecular formula is C26H32N4O3. The summed E-state index contributed by atoms with van der Waals surface area (Å²) in [7, 11) is 0. The van der Waals surface area contributed by atoms with Crippen LogP contribution in [0.1, 0.15) is 50.3 Å². The van der Waals surface area contributed by atoms with E-state index >= 15 is 0 Å². The molecule has 0 unspecified atom stereocenters. The van der Waals surface area contributed by atoms with Gasteiger partial charge in [0, 0.05) is 31.3 Å². The van der Waals surface area contributed by atoms with Gasteiger partial charge in [-0.05, 0) is 41.5 Å². The molecular weight excluding hydrogens is 416 g/mol. The summed E-state index contributed by atoms with van der Waals surface area (Å²) in [6, 6.07) is 8.43. The Bertz CT molecular complexity index is 1040. The molecule has 0 aliphatic carbocycles. The number of anilines is 1. The molecule has 33 heavy (non-hydrogen) atoms. The summed E-state index contributed by atoms with van der Waals surface area (Å²) in [6.07, 6.45) is 5.97. The molecule has 4 rings (SSSR count). The number of para-hydroxylation sites is 1. The highest BCUT2D eigenvalue weighted by atomic mass is 16.2. The van der Waals surface area contributed by atoms with Crippen molar-refractivity contribution in [2.75, 3.05) is 4.90 Å². The SMILES string of the molecule is CC[C@H](C)[C@H](C)C(=O)N[C@H]1CCc2cccc3c2N(C1=O)[C@H](C(=O)NCc1cccnc1)C3. The van der Waals surface area contributed by atoms with E-state index in [9.17, 15) is 14.4 Å². The Labute approximate surface area is 195 Å². The summed E-state index contributed by atoms with van der Waals surface area (Å²) < 4.78 is 0. The van der Waals surface area contributed by atoms with Crippen molar-refractivity contribution in [3.8, 4) is 0 Å². The Balaban J connectivity index is 1.55. The molecule has 1 aromatic carbocycles. The third-order valence-corrected chi connectivity index (χ3v) is 7.13. The van der Waals surface area contributed by atoms with Crippen LogP contribution in [0.15, 0.2) is 42.7 Å². The summed E-state index contributed by atoms with van der Waals surface area (Å²) in [5, 5.41) is 5.95. The third kappa shape index (κ3) is 4.63. The molecule has 1 aromatic heterocycles. The summed E-state index contributed by atoms with van der Waals surface area (Å²) in [5.74, 6) is -0.460. The van der Waals surface area contributed by atoms with Crippen molar-refractivity contribution in [3.63, 3.8) is 0 Å². The average molecular weight is 449 g/mol. The number of aryl methyl sites for hydroxylation is 1. The van der Waals surface area contributed by atoms with Crippen molar-refractivity contribution in [3.05, 3.63) is 59.4 Å². The number of hydrogen-bond acceptors (Lipinski definition) is 4. The fourth-order valence-electron chi connectivity index (χ4n) is 4.70. The van der Waals surface area contributed by atoms with Gasteiger partial charge in [0.25, 0.3) is 0 Å². The fraction of sp³-hybridized carbons (Fsp3) is 0.462. The molecule has 3 amide bonds. The monoisotopic (exact) mass is 448 g/mol. The van der Waals surface area contributed by atoms with E-state index in [2.05, 4.69) is 22.5 Å². The van der Waals surface area contributed by atoms with Gasteiger partial charge in [0.05, 0.1) is 5.69 Å². The quantitative estimate of drug-likeness (QED) is 0.681. The standard InChI is InChI=1S/C26H32N4O3/c1-4-16(2)17(3)24(31)29-21-11-10-19-8-5-9-20-13-22(30(23(19)20)26(21)33)25(32)28-15-18-7-6-12-27-14-18/h5-9,12,14,16-17,21-22H,4,10-11,13,15H2,1-3H3,(H,28,32)(H,29,31)/t16-,17-,21-,22-/m0/s1. The van der Waals surface area contributed by atoms with Gasteiger partial charge in [0.1, 0.15) is 12.1 Å². The van der Waals surface area contributed by atoms with Crippen LogP contribution in [0.3, 0.4) is 0 Å². The van der Waals surface area contributed by atoms with E-state index in [1.54, 1.807) is 17.3 Å². The van der Waals surface area contributed by atoms with Gasteiger partial charge in [-0.15, -0.1) is 0 Å². The van der Waals surface area contributed by atoms with Crippen LogP contribution in [0.25, 0.3) is 0 Å². The molecule has 174 valence electrons. The summed E-state index contributed by atoms with van der Waals surface area (Å²) in [5.41, 5.74) is 3.79. The Hall–Kier alpha value is -3.22. The van der Waals surface area contributed by atoms with Crippen LogP contribution in [0, 0.1) is 11.8 Å². The van der Waals surface area contributed by atoms with Gasteiger partial charge < -0.3 is 10.6 Å². The lowest BCUT2D eigenvalue weighted by molar-refractivity contribution is -0.131. The number of hydrogen-bond donors (Lipinski definition) is 2. The highest BCUT2D eigenvalue weighted by Gasteiger charge is 2.44. The molecule has 0 saturated carbocycles. The smallest absolute Gasteiger partial charge is 0.250 e. The zero-order valence-electron chi connectivity index (χ0n) is 19.5. The number of pyridine rings is 1. The first-order valence-corrected chi connectivity index (χ1v) is 11.8. The van der Waals surface area contributed by atoms with Gasteiger partial charge in [0.2, 0.25) is 17.7 Å². The van der Waals surface area contributed by atoms with E-state index in [0.717, 1.165) is 28.8 Å². The minimum atomic E-state index is -0.643. The molecule has 2 aromatic rings. The lowest BCUT2D eigenvalue weighted by Gasteiger charge is -2.29. The Morgan fingerprint density at radius 3 is 2.70 bits per heavy atom. The maximum absolute atomic E-state index is 13.7. The van der Waals surface area contributed by atoms with Crippen molar-refractivity contribution in [1.82, 2.24) is 15.6 Å². The number of rotatable bonds is 7. The number of aromatic nitrogens is 1. The van der Waals surface area contributed by atoms with Crippen LogP contribution >= 0.6 is 0 Å². The number of carbonyl (C=O) groups is 3. The lowest BCUT2D eigenvalue weighted by Crippen LogP contribution is -2.55. The van der Waals surface area contributed by atoms with Gasteiger partial charge in [0.15, 0.2) is 0 Å². The van der Waals surface area contributed by atoms with Gasteiger partial charge in [-0.1, -0.05) is 51.5 Å². The van der Waals surface area contributed by atoms with E-state index in [4.69, 9.17) is 0 Å². The second kappa shape index (κ2) is 9.73. The Kier molecular flexibility index (Phi) is 6.77. The van der Waals surface area contributed by atoms with Crippen molar-refractivity contribution in [1.29, 1.82) is 0 Å². The normalized spacial score (nSPS) is 21.1. The number of benzene rings is 1. The molecule has 7 nitrogen and oxygen atoms in total. The molecule has 0 spiro atoms. The van der Waals surface area contributed by atoms with E-state index < -0.39 is 12.1 Å². The number of amides is 3. The highest BCUT2D eigenvalue weighted by molar-refractivity contribution is 6.07. The van der Waals surface area contributed by atoms with Crippen molar-refractivity contribution in [2.24, 2.45) is 11.8 Å². The highest BCUT2D eigenvalue weighted by Crippen LogP contribution is 2.39. The lowest BCUT2D eigenvalue weighted by atomic mass is 9.92. The van der Waals surface area contributed by atoms with Gasteiger partial charge in [-0.2, -0.15) is 0 Å². The molecule has 7 heteroatoms.